The van der Waals surface area contributed by atoms with Crippen molar-refractivity contribution >= 4 is 17.6 Å². The van der Waals surface area contributed by atoms with Gasteiger partial charge in [0.05, 0.1) is 6.20 Å². The van der Waals surface area contributed by atoms with Gasteiger partial charge in [-0.1, -0.05) is 0 Å². The van der Waals surface area contributed by atoms with E-state index in [4.69, 9.17) is 0 Å². The monoisotopic (exact) mass is 169 g/mol. The topological polar surface area (TPSA) is 37.8 Å². The molecule has 0 saturated heterocycles. The highest BCUT2D eigenvalue weighted by atomic mass is 32.2. The van der Waals surface area contributed by atoms with Gasteiger partial charge in [-0.05, 0) is 19.2 Å². The lowest BCUT2D eigenvalue weighted by molar-refractivity contribution is 0.983. The molecule has 60 valence electrons. The van der Waals surface area contributed by atoms with Gasteiger partial charge in [0, 0.05) is 11.4 Å². The molecule has 0 saturated carbocycles. The van der Waals surface area contributed by atoms with E-state index in [1.54, 1.807) is 18.0 Å². The van der Waals surface area contributed by atoms with Crippen LogP contribution < -0.4 is 5.32 Å². The van der Waals surface area contributed by atoms with E-state index in [1.807, 2.05) is 19.2 Å². The molecule has 1 heterocycles. The van der Waals surface area contributed by atoms with Crippen LogP contribution in [0, 0.1) is 0 Å². The minimum Gasteiger partial charge on any atom is -0.369 e. The lowest BCUT2D eigenvalue weighted by atomic mass is 10.5. The van der Waals surface area contributed by atoms with Gasteiger partial charge in [0.1, 0.15) is 5.82 Å². The highest BCUT2D eigenvalue weighted by Gasteiger charge is 1.93. The van der Waals surface area contributed by atoms with E-state index in [2.05, 4.69) is 15.5 Å². The molecule has 0 aliphatic rings. The van der Waals surface area contributed by atoms with Crippen LogP contribution >= 0.6 is 11.8 Å². The standard InChI is InChI=1S/C7H11N3S/c1-3-8-7-4-6(11-2)5-9-10-7/h4-5H,3H2,1-2H3,(H,8,10). The zero-order chi connectivity index (χ0) is 8.10. The molecule has 0 fully saturated rings. The maximum Gasteiger partial charge on any atom is 0.149 e. The number of rotatable bonds is 3. The average Bonchev–Trinajstić information content (AvgIpc) is 2.06. The molecule has 0 radical (unpaired) electrons. The summed E-state index contributed by atoms with van der Waals surface area (Å²) in [6.45, 7) is 2.92. The molecule has 1 aromatic heterocycles. The Kier molecular flexibility index (Phi) is 3.16. The van der Waals surface area contributed by atoms with Crippen molar-refractivity contribution in [2.75, 3.05) is 18.1 Å². The normalized spacial score (nSPS) is 9.64. The SMILES string of the molecule is CCNc1cc(SC)cnn1. The summed E-state index contributed by atoms with van der Waals surface area (Å²) in [5.41, 5.74) is 0. The van der Waals surface area contributed by atoms with Crippen molar-refractivity contribution in [3.63, 3.8) is 0 Å². The molecule has 0 aliphatic carbocycles. The Labute approximate surface area is 70.6 Å². The Morgan fingerprint density at radius 2 is 2.45 bits per heavy atom. The predicted octanol–water partition coefficient (Wildman–Crippen LogP) is 1.63. The Bertz CT molecular complexity index is 227. The van der Waals surface area contributed by atoms with Crippen molar-refractivity contribution in [2.45, 2.75) is 11.8 Å². The highest BCUT2D eigenvalue weighted by molar-refractivity contribution is 7.98. The van der Waals surface area contributed by atoms with Crippen molar-refractivity contribution in [2.24, 2.45) is 0 Å². The fourth-order valence-electron chi connectivity index (χ4n) is 0.728. The zero-order valence-corrected chi connectivity index (χ0v) is 7.48. The van der Waals surface area contributed by atoms with E-state index in [0.29, 0.717) is 0 Å². The van der Waals surface area contributed by atoms with Crippen molar-refractivity contribution in [1.29, 1.82) is 0 Å². The van der Waals surface area contributed by atoms with Crippen LogP contribution in [0.4, 0.5) is 5.82 Å². The van der Waals surface area contributed by atoms with Crippen LogP contribution in [-0.4, -0.2) is 23.0 Å². The van der Waals surface area contributed by atoms with Gasteiger partial charge in [0.15, 0.2) is 0 Å². The van der Waals surface area contributed by atoms with Crippen LogP contribution in [0.3, 0.4) is 0 Å². The summed E-state index contributed by atoms with van der Waals surface area (Å²) < 4.78 is 0. The van der Waals surface area contributed by atoms with E-state index in [0.717, 1.165) is 17.3 Å². The van der Waals surface area contributed by atoms with Gasteiger partial charge in [-0.3, -0.25) is 0 Å². The third kappa shape index (κ3) is 2.38. The molecule has 4 heteroatoms. The molecule has 1 rings (SSSR count). The molecule has 1 aromatic rings. The number of nitrogens with zero attached hydrogens (tertiary/aromatic N) is 2. The molecular weight excluding hydrogens is 158 g/mol. The van der Waals surface area contributed by atoms with Gasteiger partial charge in [-0.2, -0.15) is 5.10 Å². The Morgan fingerprint density at radius 3 is 3.09 bits per heavy atom. The second kappa shape index (κ2) is 4.18. The molecule has 0 amide bonds. The smallest absolute Gasteiger partial charge is 0.149 e. The second-order valence-corrected chi connectivity index (χ2v) is 2.89. The molecule has 0 aliphatic heterocycles. The summed E-state index contributed by atoms with van der Waals surface area (Å²) in [7, 11) is 0. The summed E-state index contributed by atoms with van der Waals surface area (Å²) in [6, 6.07) is 1.99. The van der Waals surface area contributed by atoms with Crippen molar-refractivity contribution in [3.8, 4) is 0 Å². The van der Waals surface area contributed by atoms with Gasteiger partial charge in [-0.25, -0.2) is 0 Å². The fourth-order valence-corrected chi connectivity index (χ4v) is 1.11. The Balaban J connectivity index is 2.74. The number of hydrogen-bond acceptors (Lipinski definition) is 4. The van der Waals surface area contributed by atoms with Gasteiger partial charge in [0.25, 0.3) is 0 Å². The maximum atomic E-state index is 3.90. The molecule has 0 bridgehead atoms. The van der Waals surface area contributed by atoms with Crippen LogP contribution in [0.5, 0.6) is 0 Å². The van der Waals surface area contributed by atoms with E-state index >= 15 is 0 Å². The number of nitrogens with one attached hydrogen (secondary N) is 1. The summed E-state index contributed by atoms with van der Waals surface area (Å²) in [5.74, 6) is 0.847. The van der Waals surface area contributed by atoms with E-state index < -0.39 is 0 Å². The Morgan fingerprint density at radius 1 is 1.64 bits per heavy atom. The predicted molar refractivity (Wildman–Crippen MR) is 48.0 cm³/mol. The lowest BCUT2D eigenvalue weighted by Crippen LogP contribution is -1.99. The molecule has 1 N–H and O–H groups in total. The molecule has 0 unspecified atom stereocenters. The number of thioether (sulfide) groups is 1. The summed E-state index contributed by atoms with van der Waals surface area (Å²) >= 11 is 1.67. The first-order valence-electron chi connectivity index (χ1n) is 3.47. The van der Waals surface area contributed by atoms with Crippen LogP contribution in [0.2, 0.25) is 0 Å². The molecule has 0 spiro atoms. The molecule has 11 heavy (non-hydrogen) atoms. The van der Waals surface area contributed by atoms with E-state index in [1.165, 1.54) is 0 Å². The van der Waals surface area contributed by atoms with Gasteiger partial charge in [0.2, 0.25) is 0 Å². The van der Waals surface area contributed by atoms with Crippen molar-refractivity contribution in [1.82, 2.24) is 10.2 Å². The largest absolute Gasteiger partial charge is 0.369 e. The number of hydrogen-bond donors (Lipinski definition) is 1. The summed E-state index contributed by atoms with van der Waals surface area (Å²) in [4.78, 5) is 1.14. The van der Waals surface area contributed by atoms with Crippen LogP contribution in [-0.2, 0) is 0 Å². The van der Waals surface area contributed by atoms with Crippen LogP contribution in [0.1, 0.15) is 6.92 Å². The fraction of sp³-hybridized carbons (Fsp3) is 0.429. The number of anilines is 1. The summed E-state index contributed by atoms with van der Waals surface area (Å²) in [5, 5.41) is 10.8. The molecular formula is C7H11N3S. The third-order valence-electron chi connectivity index (χ3n) is 1.22. The molecule has 0 aromatic carbocycles. The highest BCUT2D eigenvalue weighted by Crippen LogP contribution is 2.14. The first-order valence-corrected chi connectivity index (χ1v) is 4.70. The molecule has 0 atom stereocenters. The number of aromatic nitrogens is 2. The van der Waals surface area contributed by atoms with E-state index in [-0.39, 0.29) is 0 Å². The van der Waals surface area contributed by atoms with Gasteiger partial charge in [-0.15, -0.1) is 16.9 Å². The van der Waals surface area contributed by atoms with Gasteiger partial charge < -0.3 is 5.32 Å². The first-order chi connectivity index (χ1) is 5.36. The Hall–Kier alpha value is -0.770. The first kappa shape index (κ1) is 8.33. The van der Waals surface area contributed by atoms with Gasteiger partial charge >= 0.3 is 0 Å². The minimum absolute atomic E-state index is 0.847. The molecule has 3 nitrogen and oxygen atoms in total. The van der Waals surface area contributed by atoms with E-state index in [9.17, 15) is 0 Å². The summed E-state index contributed by atoms with van der Waals surface area (Å²) in [6.07, 6.45) is 3.78. The third-order valence-corrected chi connectivity index (χ3v) is 1.92. The quantitative estimate of drug-likeness (QED) is 0.698. The van der Waals surface area contributed by atoms with Crippen molar-refractivity contribution in [3.05, 3.63) is 12.3 Å². The maximum absolute atomic E-state index is 3.90. The second-order valence-electron chi connectivity index (χ2n) is 2.01. The lowest BCUT2D eigenvalue weighted by Gasteiger charge is -2.00. The minimum atomic E-state index is 0.847. The zero-order valence-electron chi connectivity index (χ0n) is 6.66. The van der Waals surface area contributed by atoms with Crippen LogP contribution in [0.25, 0.3) is 0 Å². The van der Waals surface area contributed by atoms with Crippen molar-refractivity contribution < 1.29 is 0 Å². The van der Waals surface area contributed by atoms with Crippen LogP contribution in [0.15, 0.2) is 17.2 Å². The average molecular weight is 169 g/mol.